The first-order valence-electron chi connectivity index (χ1n) is 8.64. The van der Waals surface area contributed by atoms with Crippen molar-refractivity contribution in [2.45, 2.75) is 38.1 Å². The van der Waals surface area contributed by atoms with Gasteiger partial charge in [-0.2, -0.15) is 0 Å². The van der Waals surface area contributed by atoms with E-state index in [1.165, 1.54) is 0 Å². The Hall–Kier alpha value is -0.680. The predicted octanol–water partition coefficient (Wildman–Crippen LogP) is 4.16. The van der Waals surface area contributed by atoms with Crippen molar-refractivity contribution in [3.05, 3.63) is 28.2 Å². The van der Waals surface area contributed by atoms with Crippen LogP contribution < -0.4 is 10.5 Å². The number of nitrogens with zero attached hydrogens (tertiary/aromatic N) is 1. The summed E-state index contributed by atoms with van der Waals surface area (Å²) in [7, 11) is 0. The summed E-state index contributed by atoms with van der Waals surface area (Å²) >= 11 is 12.0. The molecule has 140 valence electrons. The summed E-state index contributed by atoms with van der Waals surface area (Å²) in [5.41, 5.74) is 5.92. The molecule has 3 rings (SSSR count). The zero-order valence-corrected chi connectivity index (χ0v) is 16.5. The first-order chi connectivity index (χ1) is 11.5. The van der Waals surface area contributed by atoms with E-state index in [2.05, 4.69) is 0 Å². The summed E-state index contributed by atoms with van der Waals surface area (Å²) in [5, 5.41) is 1.15. The number of piperidine rings is 1. The van der Waals surface area contributed by atoms with Crippen LogP contribution in [0.1, 0.15) is 32.1 Å². The van der Waals surface area contributed by atoms with E-state index < -0.39 is 0 Å². The number of hydrogen-bond acceptors (Lipinski definition) is 3. The number of nitrogens with two attached hydrogens (primary N) is 1. The summed E-state index contributed by atoms with van der Waals surface area (Å²) in [6.07, 6.45) is 4.70. The van der Waals surface area contributed by atoms with E-state index in [0.717, 1.165) is 45.2 Å². The van der Waals surface area contributed by atoms with Crippen LogP contribution in [0.4, 0.5) is 0 Å². The SMILES string of the molecule is Cl.NC1CCC(C(=O)N2CCC(COc3cc(Cl)cc(Cl)c3)CC2)C1. The van der Waals surface area contributed by atoms with Gasteiger partial charge in [0.2, 0.25) is 5.91 Å². The molecular formula is C18H25Cl3N2O2. The second kappa shape index (κ2) is 9.31. The van der Waals surface area contributed by atoms with Crippen molar-refractivity contribution >= 4 is 41.5 Å². The Morgan fingerprint density at radius 2 is 1.76 bits per heavy atom. The molecule has 1 aliphatic carbocycles. The van der Waals surface area contributed by atoms with Crippen LogP contribution >= 0.6 is 35.6 Å². The lowest BCUT2D eigenvalue weighted by Crippen LogP contribution is -2.42. The molecule has 2 atom stereocenters. The molecule has 0 spiro atoms. The Morgan fingerprint density at radius 1 is 1.12 bits per heavy atom. The molecule has 25 heavy (non-hydrogen) atoms. The number of likely N-dealkylation sites (tertiary alicyclic amines) is 1. The Bertz CT molecular complexity index is 571. The lowest BCUT2D eigenvalue weighted by Gasteiger charge is -2.33. The maximum Gasteiger partial charge on any atom is 0.225 e. The van der Waals surface area contributed by atoms with Crippen LogP contribution in [0.25, 0.3) is 0 Å². The van der Waals surface area contributed by atoms with Crippen LogP contribution in [0.15, 0.2) is 18.2 Å². The Morgan fingerprint density at radius 3 is 2.32 bits per heavy atom. The van der Waals surface area contributed by atoms with Gasteiger partial charge in [-0.15, -0.1) is 12.4 Å². The summed E-state index contributed by atoms with van der Waals surface area (Å²) < 4.78 is 5.83. The quantitative estimate of drug-likeness (QED) is 0.815. The van der Waals surface area contributed by atoms with Crippen molar-refractivity contribution in [2.24, 2.45) is 17.6 Å². The minimum atomic E-state index is 0. The topological polar surface area (TPSA) is 55.6 Å². The average Bonchev–Trinajstić information content (AvgIpc) is 2.98. The van der Waals surface area contributed by atoms with Crippen molar-refractivity contribution in [3.63, 3.8) is 0 Å². The molecule has 1 heterocycles. The number of rotatable bonds is 4. The van der Waals surface area contributed by atoms with E-state index in [9.17, 15) is 4.79 Å². The average molecular weight is 408 g/mol. The highest BCUT2D eigenvalue weighted by Crippen LogP contribution is 2.29. The summed E-state index contributed by atoms with van der Waals surface area (Å²) in [6, 6.07) is 5.44. The van der Waals surface area contributed by atoms with Gasteiger partial charge < -0.3 is 15.4 Å². The molecule has 1 saturated carbocycles. The molecule has 7 heteroatoms. The predicted molar refractivity (Wildman–Crippen MR) is 104 cm³/mol. The molecule has 2 fully saturated rings. The molecule has 2 unspecified atom stereocenters. The standard InChI is InChI=1S/C18H24Cl2N2O2.ClH/c19-14-8-15(20)10-17(9-14)24-11-12-3-5-22(6-4-12)18(23)13-1-2-16(21)7-13;/h8-10,12-13,16H,1-7,11,21H2;1H. The van der Waals surface area contributed by atoms with Gasteiger partial charge in [0.15, 0.2) is 0 Å². The first-order valence-corrected chi connectivity index (χ1v) is 9.40. The van der Waals surface area contributed by atoms with Gasteiger partial charge in [0, 0.05) is 35.1 Å². The number of carbonyl (C=O) groups is 1. The fourth-order valence-corrected chi connectivity index (χ4v) is 4.15. The number of hydrogen-bond donors (Lipinski definition) is 1. The van der Waals surface area contributed by atoms with E-state index in [1.54, 1.807) is 18.2 Å². The van der Waals surface area contributed by atoms with E-state index in [-0.39, 0.29) is 24.4 Å². The maximum atomic E-state index is 12.5. The Balaban J connectivity index is 0.00000225. The molecule has 1 saturated heterocycles. The van der Waals surface area contributed by atoms with Gasteiger partial charge in [0.05, 0.1) is 6.61 Å². The van der Waals surface area contributed by atoms with Gasteiger partial charge in [-0.3, -0.25) is 4.79 Å². The van der Waals surface area contributed by atoms with Gasteiger partial charge in [0.25, 0.3) is 0 Å². The van der Waals surface area contributed by atoms with E-state index >= 15 is 0 Å². The maximum absolute atomic E-state index is 12.5. The van der Waals surface area contributed by atoms with Gasteiger partial charge in [-0.05, 0) is 56.2 Å². The lowest BCUT2D eigenvalue weighted by atomic mass is 9.96. The van der Waals surface area contributed by atoms with Gasteiger partial charge in [0.1, 0.15) is 5.75 Å². The summed E-state index contributed by atoms with van der Waals surface area (Å²) in [6.45, 7) is 2.26. The molecule has 1 aromatic carbocycles. The Kier molecular flexibility index (Phi) is 7.68. The second-order valence-electron chi connectivity index (χ2n) is 6.95. The van der Waals surface area contributed by atoms with Crippen LogP contribution in [0.3, 0.4) is 0 Å². The third-order valence-electron chi connectivity index (χ3n) is 5.07. The largest absolute Gasteiger partial charge is 0.493 e. The second-order valence-corrected chi connectivity index (χ2v) is 7.83. The molecule has 1 aromatic rings. The highest BCUT2D eigenvalue weighted by molar-refractivity contribution is 6.34. The fourth-order valence-electron chi connectivity index (χ4n) is 3.64. The molecule has 0 bridgehead atoms. The highest BCUT2D eigenvalue weighted by Gasteiger charge is 2.32. The van der Waals surface area contributed by atoms with Crippen LogP contribution in [0, 0.1) is 11.8 Å². The monoisotopic (exact) mass is 406 g/mol. The molecule has 1 aliphatic heterocycles. The van der Waals surface area contributed by atoms with E-state index in [4.69, 9.17) is 33.7 Å². The third-order valence-corrected chi connectivity index (χ3v) is 5.51. The molecular weight excluding hydrogens is 383 g/mol. The number of amides is 1. The molecule has 0 radical (unpaired) electrons. The van der Waals surface area contributed by atoms with Crippen molar-refractivity contribution in [3.8, 4) is 5.75 Å². The van der Waals surface area contributed by atoms with E-state index in [1.807, 2.05) is 4.90 Å². The van der Waals surface area contributed by atoms with Crippen LogP contribution in [-0.2, 0) is 4.79 Å². The van der Waals surface area contributed by atoms with Crippen molar-refractivity contribution in [2.75, 3.05) is 19.7 Å². The normalized spacial score (nSPS) is 24.0. The minimum absolute atomic E-state index is 0. The number of benzene rings is 1. The smallest absolute Gasteiger partial charge is 0.225 e. The lowest BCUT2D eigenvalue weighted by molar-refractivity contribution is -0.136. The highest BCUT2D eigenvalue weighted by atomic mass is 35.5. The molecule has 0 aromatic heterocycles. The van der Waals surface area contributed by atoms with Crippen molar-refractivity contribution < 1.29 is 9.53 Å². The summed E-state index contributed by atoms with van der Waals surface area (Å²) in [5.74, 6) is 1.59. The number of halogens is 3. The number of carbonyl (C=O) groups excluding carboxylic acids is 1. The first kappa shape index (κ1) is 20.6. The number of ether oxygens (including phenoxy) is 1. The van der Waals surface area contributed by atoms with E-state index in [0.29, 0.717) is 34.2 Å². The van der Waals surface area contributed by atoms with Crippen molar-refractivity contribution in [1.82, 2.24) is 4.90 Å². The minimum Gasteiger partial charge on any atom is -0.493 e. The Labute approximate surface area is 165 Å². The zero-order valence-electron chi connectivity index (χ0n) is 14.1. The van der Waals surface area contributed by atoms with Crippen LogP contribution in [-0.4, -0.2) is 36.5 Å². The molecule has 2 N–H and O–H groups in total. The van der Waals surface area contributed by atoms with Crippen molar-refractivity contribution in [1.29, 1.82) is 0 Å². The summed E-state index contributed by atoms with van der Waals surface area (Å²) in [4.78, 5) is 14.5. The zero-order chi connectivity index (χ0) is 17.1. The van der Waals surface area contributed by atoms with Gasteiger partial charge in [-0.1, -0.05) is 23.2 Å². The molecule has 2 aliphatic rings. The fraction of sp³-hybridized carbons (Fsp3) is 0.611. The molecule has 4 nitrogen and oxygen atoms in total. The molecule has 1 amide bonds. The van der Waals surface area contributed by atoms with Crippen LogP contribution in [0.2, 0.25) is 10.0 Å². The van der Waals surface area contributed by atoms with Crippen LogP contribution in [0.5, 0.6) is 5.75 Å². The van der Waals surface area contributed by atoms with Gasteiger partial charge in [-0.25, -0.2) is 0 Å². The third kappa shape index (κ3) is 5.65. The van der Waals surface area contributed by atoms with Gasteiger partial charge >= 0.3 is 0 Å².